The molecule has 0 aromatic heterocycles. The minimum atomic E-state index is -0.763. The fraction of sp³-hybridized carbons (Fsp3) is 0.385. The summed E-state index contributed by atoms with van der Waals surface area (Å²) >= 11 is 4.71. The molecular weight excluding hydrogens is 284 g/mol. The Morgan fingerprint density at radius 3 is 2.60 bits per heavy atom. The molecule has 0 saturated carbocycles. The zero-order valence-corrected chi connectivity index (χ0v) is 11.8. The molecule has 0 radical (unpaired) electrons. The molecule has 1 fully saturated rings. The number of piperazine rings is 1. The Labute approximate surface area is 120 Å². The van der Waals surface area contributed by atoms with Crippen LogP contribution in [0.25, 0.3) is 0 Å². The monoisotopic (exact) mass is 299 g/mol. The molecule has 1 amide bonds. The smallest absolute Gasteiger partial charge is 0.242 e. The SMILES string of the molecule is CCC1C(=O)NCCN1c1c(F)cc(C(N)=S)cc1F. The molecule has 1 aromatic rings. The van der Waals surface area contributed by atoms with Crippen molar-refractivity contribution in [3.8, 4) is 0 Å². The molecule has 7 heteroatoms. The van der Waals surface area contributed by atoms with Gasteiger partial charge in [0, 0.05) is 18.7 Å². The maximum absolute atomic E-state index is 14.2. The molecule has 1 heterocycles. The molecule has 1 atom stereocenters. The van der Waals surface area contributed by atoms with Crippen molar-refractivity contribution in [2.75, 3.05) is 18.0 Å². The van der Waals surface area contributed by atoms with Crippen LogP contribution in [0, 0.1) is 11.6 Å². The number of hydrogen-bond acceptors (Lipinski definition) is 3. The summed E-state index contributed by atoms with van der Waals surface area (Å²) in [6, 6.07) is 1.61. The summed E-state index contributed by atoms with van der Waals surface area (Å²) < 4.78 is 28.3. The van der Waals surface area contributed by atoms with E-state index >= 15 is 0 Å². The van der Waals surface area contributed by atoms with E-state index in [1.54, 1.807) is 6.92 Å². The van der Waals surface area contributed by atoms with Crippen molar-refractivity contribution in [3.05, 3.63) is 29.3 Å². The normalized spacial score (nSPS) is 18.9. The van der Waals surface area contributed by atoms with Gasteiger partial charge in [-0.25, -0.2) is 8.78 Å². The minimum absolute atomic E-state index is 0.0715. The van der Waals surface area contributed by atoms with E-state index in [0.717, 1.165) is 12.1 Å². The number of amides is 1. The van der Waals surface area contributed by atoms with E-state index in [1.807, 2.05) is 0 Å². The van der Waals surface area contributed by atoms with Crippen molar-refractivity contribution in [2.45, 2.75) is 19.4 Å². The topological polar surface area (TPSA) is 58.4 Å². The number of nitrogens with two attached hydrogens (primary N) is 1. The van der Waals surface area contributed by atoms with Gasteiger partial charge in [-0.1, -0.05) is 19.1 Å². The molecule has 1 unspecified atom stereocenters. The standard InChI is InChI=1S/C13H15F2N3OS/c1-2-10-13(19)17-3-4-18(10)11-8(14)5-7(12(16)20)6-9(11)15/h5-6,10H,2-4H2,1H3,(H2,16,20)(H,17,19). The third-order valence-corrected chi connectivity index (χ3v) is 3.54. The summed E-state index contributed by atoms with van der Waals surface area (Å²) in [6.07, 6.45) is 0.460. The molecule has 1 saturated heterocycles. The van der Waals surface area contributed by atoms with Gasteiger partial charge in [0.2, 0.25) is 5.91 Å². The first-order valence-electron chi connectivity index (χ1n) is 6.29. The van der Waals surface area contributed by atoms with E-state index in [9.17, 15) is 13.6 Å². The van der Waals surface area contributed by atoms with Gasteiger partial charge >= 0.3 is 0 Å². The van der Waals surface area contributed by atoms with Gasteiger partial charge in [-0.15, -0.1) is 0 Å². The Bertz CT molecular complexity index is 542. The zero-order chi connectivity index (χ0) is 14.9. The summed E-state index contributed by atoms with van der Waals surface area (Å²) in [4.78, 5) is 13.1. The van der Waals surface area contributed by atoms with Crippen molar-refractivity contribution in [1.29, 1.82) is 0 Å². The van der Waals surface area contributed by atoms with Crippen LogP contribution in [-0.4, -0.2) is 30.0 Å². The summed E-state index contributed by atoms with van der Waals surface area (Å²) in [5.74, 6) is -1.75. The molecule has 2 rings (SSSR count). The van der Waals surface area contributed by atoms with Gasteiger partial charge in [-0.2, -0.15) is 0 Å². The number of benzene rings is 1. The molecule has 1 aliphatic heterocycles. The first-order chi connectivity index (χ1) is 9.45. The van der Waals surface area contributed by atoms with Crippen molar-refractivity contribution in [2.24, 2.45) is 5.73 Å². The van der Waals surface area contributed by atoms with E-state index in [4.69, 9.17) is 18.0 Å². The second-order valence-electron chi connectivity index (χ2n) is 4.56. The maximum atomic E-state index is 14.2. The average Bonchev–Trinajstić information content (AvgIpc) is 2.38. The highest BCUT2D eigenvalue weighted by Crippen LogP contribution is 2.28. The number of nitrogens with one attached hydrogen (secondary N) is 1. The largest absolute Gasteiger partial charge is 0.389 e. The maximum Gasteiger partial charge on any atom is 0.242 e. The fourth-order valence-electron chi connectivity index (χ4n) is 2.37. The van der Waals surface area contributed by atoms with E-state index < -0.39 is 17.7 Å². The first-order valence-corrected chi connectivity index (χ1v) is 6.69. The van der Waals surface area contributed by atoms with Crippen LogP contribution < -0.4 is 16.0 Å². The Balaban J connectivity index is 2.46. The van der Waals surface area contributed by atoms with Crippen LogP contribution >= 0.6 is 12.2 Å². The molecule has 1 aromatic carbocycles. The highest BCUT2D eigenvalue weighted by Gasteiger charge is 2.31. The number of halogens is 2. The molecular formula is C13H15F2N3OS. The summed E-state index contributed by atoms with van der Waals surface area (Å²) in [5, 5.41) is 2.69. The number of hydrogen-bond donors (Lipinski definition) is 2. The summed E-state index contributed by atoms with van der Waals surface area (Å²) in [5.41, 5.74) is 5.31. The average molecular weight is 299 g/mol. The Hall–Kier alpha value is -1.76. The predicted molar refractivity (Wildman–Crippen MR) is 76.7 cm³/mol. The van der Waals surface area contributed by atoms with Gasteiger partial charge in [0.25, 0.3) is 0 Å². The highest BCUT2D eigenvalue weighted by atomic mass is 32.1. The number of rotatable bonds is 3. The van der Waals surface area contributed by atoms with Crippen LogP contribution in [0.15, 0.2) is 12.1 Å². The second kappa shape index (κ2) is 5.70. The Morgan fingerprint density at radius 2 is 2.10 bits per heavy atom. The van der Waals surface area contributed by atoms with E-state index in [-0.39, 0.29) is 22.1 Å². The number of thiocarbonyl (C=S) groups is 1. The first kappa shape index (κ1) is 14.6. The lowest BCUT2D eigenvalue weighted by Crippen LogP contribution is -2.55. The molecule has 0 bridgehead atoms. The molecule has 4 nitrogen and oxygen atoms in total. The molecule has 20 heavy (non-hydrogen) atoms. The van der Waals surface area contributed by atoms with E-state index in [2.05, 4.69) is 5.32 Å². The van der Waals surface area contributed by atoms with Crippen molar-refractivity contribution >= 4 is 28.8 Å². The van der Waals surface area contributed by atoms with Crippen LogP contribution in [0.4, 0.5) is 14.5 Å². The van der Waals surface area contributed by atoms with Gasteiger partial charge in [-0.05, 0) is 18.6 Å². The van der Waals surface area contributed by atoms with Crippen LogP contribution in [0.3, 0.4) is 0 Å². The van der Waals surface area contributed by atoms with Crippen molar-refractivity contribution in [3.63, 3.8) is 0 Å². The lowest BCUT2D eigenvalue weighted by atomic mass is 10.1. The third kappa shape index (κ3) is 2.58. The van der Waals surface area contributed by atoms with Crippen LogP contribution in [0.1, 0.15) is 18.9 Å². The Kier molecular flexibility index (Phi) is 4.17. The predicted octanol–water partition coefficient (Wildman–Crippen LogP) is 1.31. The third-order valence-electron chi connectivity index (χ3n) is 3.31. The van der Waals surface area contributed by atoms with E-state index in [1.165, 1.54) is 4.90 Å². The van der Waals surface area contributed by atoms with Gasteiger partial charge < -0.3 is 16.0 Å². The highest BCUT2D eigenvalue weighted by molar-refractivity contribution is 7.80. The fourth-order valence-corrected chi connectivity index (χ4v) is 2.49. The summed E-state index contributed by atoms with van der Waals surface area (Å²) in [6.45, 7) is 2.50. The van der Waals surface area contributed by atoms with E-state index in [0.29, 0.717) is 19.5 Å². The van der Waals surface area contributed by atoms with Gasteiger partial charge in [0.1, 0.15) is 28.4 Å². The lowest BCUT2D eigenvalue weighted by molar-refractivity contribution is -0.123. The van der Waals surface area contributed by atoms with Crippen molar-refractivity contribution < 1.29 is 13.6 Å². The molecule has 0 aliphatic carbocycles. The Morgan fingerprint density at radius 1 is 1.50 bits per heavy atom. The van der Waals surface area contributed by atoms with Gasteiger partial charge in [0.05, 0.1) is 0 Å². The molecule has 3 N–H and O–H groups in total. The summed E-state index contributed by atoms with van der Waals surface area (Å²) in [7, 11) is 0. The molecule has 0 spiro atoms. The number of carbonyl (C=O) groups is 1. The van der Waals surface area contributed by atoms with Gasteiger partial charge in [-0.3, -0.25) is 4.79 Å². The minimum Gasteiger partial charge on any atom is -0.389 e. The quantitative estimate of drug-likeness (QED) is 0.826. The van der Waals surface area contributed by atoms with Crippen LogP contribution in [0.5, 0.6) is 0 Å². The van der Waals surface area contributed by atoms with Crippen LogP contribution in [-0.2, 0) is 4.79 Å². The molecule has 1 aliphatic rings. The lowest BCUT2D eigenvalue weighted by Gasteiger charge is -2.36. The van der Waals surface area contributed by atoms with Crippen molar-refractivity contribution in [1.82, 2.24) is 5.32 Å². The van der Waals surface area contributed by atoms with Crippen LogP contribution in [0.2, 0.25) is 0 Å². The number of nitrogens with zero attached hydrogens (tertiary/aromatic N) is 1. The molecule has 108 valence electrons. The zero-order valence-electron chi connectivity index (χ0n) is 11.0. The number of anilines is 1. The van der Waals surface area contributed by atoms with Gasteiger partial charge in [0.15, 0.2) is 0 Å². The number of carbonyl (C=O) groups excluding carboxylic acids is 1. The second-order valence-corrected chi connectivity index (χ2v) is 5.00.